The Morgan fingerprint density at radius 1 is 1.00 bits per heavy atom. The van der Waals surface area contributed by atoms with E-state index in [2.05, 4.69) is 4.98 Å². The van der Waals surface area contributed by atoms with Gasteiger partial charge in [0.1, 0.15) is 17.3 Å². The summed E-state index contributed by atoms with van der Waals surface area (Å²) in [6, 6.07) is 3.05. The number of hydrogen-bond acceptors (Lipinski definition) is 1. The Morgan fingerprint density at radius 3 is 2.26 bits per heavy atom. The van der Waals surface area contributed by atoms with E-state index in [-0.39, 0.29) is 0 Å². The third-order valence-corrected chi connectivity index (χ3v) is 2.22. The van der Waals surface area contributed by atoms with Crippen LogP contribution in [0, 0.1) is 23.5 Å². The van der Waals surface area contributed by atoms with Gasteiger partial charge in [-0.05, 0) is 12.1 Å². The highest BCUT2D eigenvalue weighted by Gasteiger charge is 2.32. The van der Waals surface area contributed by atoms with Crippen molar-refractivity contribution in [2.24, 2.45) is 0 Å². The fourth-order valence-electron chi connectivity index (χ4n) is 1.45. The highest BCUT2D eigenvalue weighted by Crippen LogP contribution is 2.32. The normalized spacial score (nSPS) is 11.7. The quantitative estimate of drug-likeness (QED) is 0.718. The van der Waals surface area contributed by atoms with E-state index in [4.69, 9.17) is 0 Å². The Labute approximate surface area is 103 Å². The monoisotopic (exact) mass is 276 g/mol. The number of benzene rings is 1. The van der Waals surface area contributed by atoms with Gasteiger partial charge in [-0.3, -0.25) is 4.98 Å². The molecule has 0 bridgehead atoms. The van der Waals surface area contributed by atoms with Gasteiger partial charge in [-0.25, -0.2) is 13.2 Å². The highest BCUT2D eigenvalue weighted by molar-refractivity contribution is 5.60. The maximum atomic E-state index is 13.4. The predicted octanol–water partition coefficient (Wildman–Crippen LogP) is 3.98. The summed E-state index contributed by atoms with van der Waals surface area (Å²) in [5, 5.41) is 0. The highest BCUT2D eigenvalue weighted by atomic mass is 19.4. The molecule has 2 rings (SSSR count). The second-order valence-electron chi connectivity index (χ2n) is 3.61. The summed E-state index contributed by atoms with van der Waals surface area (Å²) < 4.78 is 76.5. The van der Waals surface area contributed by atoms with Gasteiger partial charge in [-0.1, -0.05) is 0 Å². The van der Waals surface area contributed by atoms with Gasteiger partial charge < -0.3 is 0 Å². The third-order valence-electron chi connectivity index (χ3n) is 2.22. The van der Waals surface area contributed by atoms with E-state index in [1.165, 1.54) is 6.07 Å². The van der Waals surface area contributed by atoms with E-state index < -0.39 is 40.4 Å². The minimum absolute atomic E-state index is 0.443. The molecule has 1 aromatic carbocycles. The van der Waals surface area contributed by atoms with Crippen molar-refractivity contribution in [3.8, 4) is 11.3 Å². The molecule has 0 fully saturated rings. The van der Waals surface area contributed by atoms with Crippen molar-refractivity contribution in [3.63, 3.8) is 0 Å². The number of nitrogens with zero attached hydrogens (tertiary/aromatic N) is 1. The maximum Gasteiger partial charge on any atom is 0.417 e. The Balaban J connectivity index is 2.59. The molecule has 1 heterocycles. The maximum absolute atomic E-state index is 13.4. The van der Waals surface area contributed by atoms with Crippen LogP contribution in [-0.4, -0.2) is 4.98 Å². The Morgan fingerprint density at radius 2 is 1.68 bits per heavy atom. The average Bonchev–Trinajstić information content (AvgIpc) is 2.26. The SMILES string of the molecule is Fc1[c]c(C(F)(F)F)cc(-c2ncc(F)cc2F)c1. The zero-order valence-corrected chi connectivity index (χ0v) is 9.02. The molecule has 19 heavy (non-hydrogen) atoms. The molecule has 0 saturated carbocycles. The molecule has 1 aromatic heterocycles. The number of rotatable bonds is 1. The van der Waals surface area contributed by atoms with Crippen molar-refractivity contribution in [1.29, 1.82) is 0 Å². The average molecular weight is 276 g/mol. The van der Waals surface area contributed by atoms with Crippen molar-refractivity contribution >= 4 is 0 Å². The van der Waals surface area contributed by atoms with Crippen LogP contribution < -0.4 is 0 Å². The van der Waals surface area contributed by atoms with Crippen LogP contribution in [0.5, 0.6) is 0 Å². The molecular weight excluding hydrogens is 272 g/mol. The number of halogens is 6. The fraction of sp³-hybridized carbons (Fsp3) is 0.0833. The van der Waals surface area contributed by atoms with E-state index in [0.29, 0.717) is 24.4 Å². The van der Waals surface area contributed by atoms with Crippen LogP contribution in [-0.2, 0) is 6.18 Å². The number of aromatic nitrogens is 1. The first kappa shape index (κ1) is 13.4. The minimum Gasteiger partial charge on any atom is -0.250 e. The molecule has 0 amide bonds. The molecule has 99 valence electrons. The number of pyridine rings is 1. The van der Waals surface area contributed by atoms with E-state index >= 15 is 0 Å². The molecule has 0 aliphatic carbocycles. The first-order chi connectivity index (χ1) is 8.77. The van der Waals surface area contributed by atoms with Crippen LogP contribution in [0.4, 0.5) is 26.3 Å². The zero-order chi connectivity index (χ0) is 14.2. The van der Waals surface area contributed by atoms with E-state index in [0.717, 1.165) is 0 Å². The molecule has 0 saturated heterocycles. The summed E-state index contributed by atoms with van der Waals surface area (Å²) in [7, 11) is 0. The van der Waals surface area contributed by atoms with E-state index in [1.54, 1.807) is 0 Å². The molecule has 0 spiro atoms. The molecule has 1 radical (unpaired) electrons. The number of alkyl halides is 3. The van der Waals surface area contributed by atoms with Gasteiger partial charge in [-0.15, -0.1) is 0 Å². The molecule has 0 atom stereocenters. The van der Waals surface area contributed by atoms with Crippen molar-refractivity contribution in [2.45, 2.75) is 6.18 Å². The third kappa shape index (κ3) is 2.86. The molecular formula is C12H4F6N. The molecule has 0 unspecified atom stereocenters. The Hall–Kier alpha value is -2.05. The van der Waals surface area contributed by atoms with Gasteiger partial charge in [0, 0.05) is 17.7 Å². The molecule has 7 heteroatoms. The lowest BCUT2D eigenvalue weighted by molar-refractivity contribution is -0.138. The van der Waals surface area contributed by atoms with Gasteiger partial charge in [0.05, 0.1) is 11.8 Å². The Kier molecular flexibility index (Phi) is 3.21. The Bertz CT molecular complexity index is 620. The van der Waals surface area contributed by atoms with Crippen molar-refractivity contribution in [1.82, 2.24) is 4.98 Å². The van der Waals surface area contributed by atoms with Crippen molar-refractivity contribution in [3.05, 3.63) is 53.5 Å². The van der Waals surface area contributed by atoms with Crippen molar-refractivity contribution < 1.29 is 26.3 Å². The summed E-state index contributed by atoms with van der Waals surface area (Å²) >= 11 is 0. The van der Waals surface area contributed by atoms with E-state index in [9.17, 15) is 26.3 Å². The van der Waals surface area contributed by atoms with Gasteiger partial charge in [-0.2, -0.15) is 13.2 Å². The van der Waals surface area contributed by atoms with Gasteiger partial charge in [0.2, 0.25) is 0 Å². The van der Waals surface area contributed by atoms with Crippen molar-refractivity contribution in [2.75, 3.05) is 0 Å². The van der Waals surface area contributed by atoms with Crippen LogP contribution in [0.1, 0.15) is 5.56 Å². The molecule has 0 N–H and O–H groups in total. The van der Waals surface area contributed by atoms with Crippen LogP contribution in [0.3, 0.4) is 0 Å². The lowest BCUT2D eigenvalue weighted by Gasteiger charge is -2.09. The largest absolute Gasteiger partial charge is 0.417 e. The summed E-state index contributed by atoms with van der Waals surface area (Å²) in [6.45, 7) is 0. The first-order valence-corrected chi connectivity index (χ1v) is 4.89. The van der Waals surface area contributed by atoms with Gasteiger partial charge >= 0.3 is 6.18 Å². The smallest absolute Gasteiger partial charge is 0.250 e. The summed E-state index contributed by atoms with van der Waals surface area (Å²) in [5.41, 5.74) is -2.41. The zero-order valence-electron chi connectivity index (χ0n) is 9.02. The standard InChI is InChI=1S/C12H4F6N/c13-8-2-6(1-7(3-8)12(16,17)18)11-10(15)4-9(14)5-19-11/h1-2,4-5H. The van der Waals surface area contributed by atoms with Crippen LogP contribution in [0.25, 0.3) is 11.3 Å². The predicted molar refractivity (Wildman–Crippen MR) is 53.4 cm³/mol. The fourth-order valence-corrected chi connectivity index (χ4v) is 1.45. The first-order valence-electron chi connectivity index (χ1n) is 4.89. The van der Waals surface area contributed by atoms with Gasteiger partial charge in [0.25, 0.3) is 0 Å². The lowest BCUT2D eigenvalue weighted by Crippen LogP contribution is -2.06. The molecule has 2 aromatic rings. The summed E-state index contributed by atoms with van der Waals surface area (Å²) in [6.07, 6.45) is -4.20. The van der Waals surface area contributed by atoms with Gasteiger partial charge in [0.15, 0.2) is 5.82 Å². The topological polar surface area (TPSA) is 12.9 Å². The molecule has 0 aliphatic heterocycles. The minimum atomic E-state index is -4.83. The lowest BCUT2D eigenvalue weighted by atomic mass is 10.1. The second-order valence-corrected chi connectivity index (χ2v) is 3.61. The molecule has 0 aliphatic rings. The summed E-state index contributed by atoms with van der Waals surface area (Å²) in [4.78, 5) is 3.31. The van der Waals surface area contributed by atoms with Crippen LogP contribution in [0.15, 0.2) is 24.4 Å². The number of hydrogen-bond donors (Lipinski definition) is 0. The van der Waals surface area contributed by atoms with Crippen LogP contribution in [0.2, 0.25) is 0 Å². The van der Waals surface area contributed by atoms with E-state index in [1.807, 2.05) is 0 Å². The molecule has 1 nitrogen and oxygen atoms in total. The second kappa shape index (κ2) is 4.56. The summed E-state index contributed by atoms with van der Waals surface area (Å²) in [5.74, 6) is -3.48. The van der Waals surface area contributed by atoms with Crippen LogP contribution >= 0.6 is 0 Å².